The van der Waals surface area contributed by atoms with Gasteiger partial charge in [-0.2, -0.15) is 0 Å². The second-order valence-electron chi connectivity index (χ2n) is 19.5. The minimum Gasteiger partial charge on any atom is -0.462 e. The third-order valence-corrected chi connectivity index (χ3v) is 12.7. The average molecular weight is 952 g/mol. The van der Waals surface area contributed by atoms with Crippen LogP contribution in [0.5, 0.6) is 0 Å². The first-order valence-corrected chi connectivity index (χ1v) is 29.3. The molecule has 68 heavy (non-hydrogen) atoms. The lowest BCUT2D eigenvalue weighted by Crippen LogP contribution is -2.30. The van der Waals surface area contributed by atoms with E-state index in [0.717, 1.165) is 96.3 Å². The summed E-state index contributed by atoms with van der Waals surface area (Å²) >= 11 is 0. The fourth-order valence-corrected chi connectivity index (χ4v) is 8.34. The second kappa shape index (κ2) is 56.7. The summed E-state index contributed by atoms with van der Waals surface area (Å²) in [5, 5.41) is 0. The predicted octanol–water partition coefficient (Wildman–Crippen LogP) is 19.6. The molecule has 6 nitrogen and oxygen atoms in total. The standard InChI is InChI=1S/C62H110O6/c1-4-7-10-13-16-19-22-24-25-26-27-28-29-30-31-32-33-34-35-36-37-39-40-43-46-49-52-55-61(64)67-58-59(57-66-60(63)54-51-48-45-42-21-18-15-12-9-6-3)68-62(65)56-53-50-47-44-41-38-23-20-17-14-11-8-5-2/h8,11-12,15,17,20,26-27,38,41,59H,4-7,9-10,13-14,16,18-19,21-25,28-37,39-40,42-58H2,1-3H3/b11-8-,15-12-,20-17-,27-26-,41-38-. The summed E-state index contributed by atoms with van der Waals surface area (Å²) < 4.78 is 16.8. The highest BCUT2D eigenvalue weighted by Gasteiger charge is 2.19. The molecule has 0 aromatic heterocycles. The smallest absolute Gasteiger partial charge is 0.306 e. The average Bonchev–Trinajstić information content (AvgIpc) is 3.34. The topological polar surface area (TPSA) is 78.9 Å². The molecule has 1 unspecified atom stereocenters. The van der Waals surface area contributed by atoms with Crippen LogP contribution in [0.25, 0.3) is 0 Å². The summed E-state index contributed by atoms with van der Waals surface area (Å²) in [5.41, 5.74) is 0. The molecule has 0 N–H and O–H groups in total. The molecule has 0 amide bonds. The Hall–Kier alpha value is -2.89. The number of unbranched alkanes of at least 4 members (excludes halogenated alkanes) is 32. The van der Waals surface area contributed by atoms with Gasteiger partial charge in [-0.15, -0.1) is 0 Å². The molecule has 0 aliphatic rings. The largest absolute Gasteiger partial charge is 0.462 e. The molecule has 394 valence electrons. The van der Waals surface area contributed by atoms with Gasteiger partial charge in [-0.3, -0.25) is 14.4 Å². The predicted molar refractivity (Wildman–Crippen MR) is 293 cm³/mol. The SMILES string of the molecule is CC/C=C\C/C=C\C/C=C\CCCCCC(=O)OC(COC(=O)CCCCCCC/C=C\CCC)COC(=O)CCCCCCCCCCCCCCCCC/C=C\CCCCCCCCCC. The summed E-state index contributed by atoms with van der Waals surface area (Å²) in [4.78, 5) is 38.0. The number of carbonyl (C=O) groups is 3. The summed E-state index contributed by atoms with van der Waals surface area (Å²) in [6.07, 6.45) is 71.0. The van der Waals surface area contributed by atoms with Crippen LogP contribution in [0.3, 0.4) is 0 Å². The highest BCUT2D eigenvalue weighted by Crippen LogP contribution is 2.16. The number of ether oxygens (including phenoxy) is 3. The first-order chi connectivity index (χ1) is 33.5. The number of hydrogen-bond acceptors (Lipinski definition) is 6. The highest BCUT2D eigenvalue weighted by atomic mass is 16.6. The van der Waals surface area contributed by atoms with E-state index in [0.29, 0.717) is 19.3 Å². The van der Waals surface area contributed by atoms with Crippen LogP contribution in [0.1, 0.15) is 297 Å². The molecule has 0 spiro atoms. The van der Waals surface area contributed by atoms with Crippen molar-refractivity contribution in [1.29, 1.82) is 0 Å². The summed E-state index contributed by atoms with van der Waals surface area (Å²) in [6.45, 7) is 6.45. The minimum absolute atomic E-state index is 0.0873. The molecule has 0 aliphatic heterocycles. The fourth-order valence-electron chi connectivity index (χ4n) is 8.34. The van der Waals surface area contributed by atoms with Crippen LogP contribution in [0, 0.1) is 0 Å². The fraction of sp³-hybridized carbons (Fsp3) is 0.790. The van der Waals surface area contributed by atoms with Crippen molar-refractivity contribution in [2.45, 2.75) is 303 Å². The van der Waals surface area contributed by atoms with Gasteiger partial charge in [0.05, 0.1) is 0 Å². The van der Waals surface area contributed by atoms with Gasteiger partial charge in [0, 0.05) is 19.3 Å². The lowest BCUT2D eigenvalue weighted by Gasteiger charge is -2.18. The monoisotopic (exact) mass is 951 g/mol. The summed E-state index contributed by atoms with van der Waals surface area (Å²) in [5.74, 6) is -0.920. The Kier molecular flexibility index (Phi) is 54.3. The van der Waals surface area contributed by atoms with Gasteiger partial charge >= 0.3 is 17.9 Å². The molecule has 0 rings (SSSR count). The zero-order chi connectivity index (χ0) is 49.3. The maximum Gasteiger partial charge on any atom is 0.306 e. The van der Waals surface area contributed by atoms with Gasteiger partial charge in [-0.1, -0.05) is 242 Å². The lowest BCUT2D eigenvalue weighted by atomic mass is 10.0. The van der Waals surface area contributed by atoms with Crippen molar-refractivity contribution in [3.8, 4) is 0 Å². The Balaban J connectivity index is 4.15. The molecule has 0 aromatic rings. The first kappa shape index (κ1) is 65.1. The van der Waals surface area contributed by atoms with E-state index in [1.807, 2.05) is 0 Å². The number of carbonyl (C=O) groups excluding carboxylic acids is 3. The van der Waals surface area contributed by atoms with Gasteiger partial charge in [0.15, 0.2) is 6.10 Å². The third kappa shape index (κ3) is 54.1. The summed E-state index contributed by atoms with van der Waals surface area (Å²) in [6, 6.07) is 0. The normalized spacial score (nSPS) is 12.5. The van der Waals surface area contributed by atoms with Gasteiger partial charge in [0.25, 0.3) is 0 Å². The van der Waals surface area contributed by atoms with Crippen molar-refractivity contribution in [2.24, 2.45) is 0 Å². The molecule has 0 heterocycles. The molecule has 0 aromatic carbocycles. The molecule has 0 fully saturated rings. The van der Waals surface area contributed by atoms with Crippen molar-refractivity contribution in [2.75, 3.05) is 13.2 Å². The van der Waals surface area contributed by atoms with Gasteiger partial charge in [0.2, 0.25) is 0 Å². The lowest BCUT2D eigenvalue weighted by molar-refractivity contribution is -0.167. The quantitative estimate of drug-likeness (QED) is 0.0262. The van der Waals surface area contributed by atoms with Crippen molar-refractivity contribution < 1.29 is 28.6 Å². The first-order valence-electron chi connectivity index (χ1n) is 29.3. The van der Waals surface area contributed by atoms with Crippen LogP contribution in [0.2, 0.25) is 0 Å². The number of hydrogen-bond donors (Lipinski definition) is 0. The molecular weight excluding hydrogens is 841 g/mol. The Bertz CT molecular complexity index is 1230. The van der Waals surface area contributed by atoms with Crippen LogP contribution in [-0.4, -0.2) is 37.2 Å². The highest BCUT2D eigenvalue weighted by molar-refractivity contribution is 5.71. The van der Waals surface area contributed by atoms with Crippen molar-refractivity contribution in [1.82, 2.24) is 0 Å². The van der Waals surface area contributed by atoms with E-state index in [1.165, 1.54) is 161 Å². The Morgan fingerprint density at radius 1 is 0.309 bits per heavy atom. The van der Waals surface area contributed by atoms with Gasteiger partial charge in [-0.05, 0) is 96.3 Å². The van der Waals surface area contributed by atoms with E-state index < -0.39 is 6.10 Å². The van der Waals surface area contributed by atoms with E-state index >= 15 is 0 Å². The molecule has 0 radical (unpaired) electrons. The Labute approximate surface area is 421 Å². The van der Waals surface area contributed by atoms with E-state index in [-0.39, 0.29) is 31.1 Å². The maximum absolute atomic E-state index is 12.8. The Morgan fingerprint density at radius 3 is 0.985 bits per heavy atom. The van der Waals surface area contributed by atoms with Gasteiger partial charge in [0.1, 0.15) is 13.2 Å². The zero-order valence-corrected chi connectivity index (χ0v) is 45.1. The van der Waals surface area contributed by atoms with Crippen LogP contribution >= 0.6 is 0 Å². The molecule has 0 saturated heterocycles. The van der Waals surface area contributed by atoms with Crippen LogP contribution in [0.4, 0.5) is 0 Å². The summed E-state index contributed by atoms with van der Waals surface area (Å²) in [7, 11) is 0. The van der Waals surface area contributed by atoms with Crippen LogP contribution in [0.15, 0.2) is 60.8 Å². The minimum atomic E-state index is -0.790. The number of allylic oxidation sites excluding steroid dienone is 10. The molecule has 1 atom stereocenters. The number of rotatable bonds is 53. The van der Waals surface area contributed by atoms with Crippen molar-refractivity contribution >= 4 is 17.9 Å². The van der Waals surface area contributed by atoms with Crippen molar-refractivity contribution in [3.05, 3.63) is 60.8 Å². The van der Waals surface area contributed by atoms with Crippen LogP contribution < -0.4 is 0 Å². The van der Waals surface area contributed by atoms with Crippen molar-refractivity contribution in [3.63, 3.8) is 0 Å². The second-order valence-corrected chi connectivity index (χ2v) is 19.5. The zero-order valence-electron chi connectivity index (χ0n) is 45.1. The van der Waals surface area contributed by atoms with E-state index in [4.69, 9.17) is 14.2 Å². The third-order valence-electron chi connectivity index (χ3n) is 12.7. The molecule has 0 bridgehead atoms. The Morgan fingerprint density at radius 2 is 0.603 bits per heavy atom. The van der Waals surface area contributed by atoms with E-state index in [9.17, 15) is 14.4 Å². The maximum atomic E-state index is 12.8. The molecule has 0 aliphatic carbocycles. The molecule has 0 saturated carbocycles. The van der Waals surface area contributed by atoms with Gasteiger partial charge in [-0.25, -0.2) is 0 Å². The van der Waals surface area contributed by atoms with Gasteiger partial charge < -0.3 is 14.2 Å². The number of esters is 3. The molecule has 6 heteroatoms. The van der Waals surface area contributed by atoms with E-state index in [2.05, 4.69) is 81.5 Å². The molecular formula is C62H110O6. The van der Waals surface area contributed by atoms with E-state index in [1.54, 1.807) is 0 Å². The van der Waals surface area contributed by atoms with Crippen LogP contribution in [-0.2, 0) is 28.6 Å².